The van der Waals surface area contributed by atoms with Gasteiger partial charge in [-0.05, 0) is 62.2 Å². The third-order valence-corrected chi connectivity index (χ3v) is 8.27. The average molecular weight is 647 g/mol. The van der Waals surface area contributed by atoms with Gasteiger partial charge in [0.05, 0.1) is 23.6 Å². The first kappa shape index (κ1) is 31.1. The SMILES string of the molecule is COCCNc1cc(-c2n[nH]c(C(F)(F)F)n2)cnc1CN1CCC(c2cccc3c2O[C@](C)(c2ccc(Cl)cc2F)O3)CC1. The highest BCUT2D eigenvalue weighted by atomic mass is 35.5. The van der Waals surface area contributed by atoms with Crippen molar-refractivity contribution in [2.75, 3.05) is 38.7 Å². The van der Waals surface area contributed by atoms with Gasteiger partial charge in [0.15, 0.2) is 17.3 Å². The molecular formula is C31H31ClF4N6O3. The van der Waals surface area contributed by atoms with Crippen molar-refractivity contribution in [3.63, 3.8) is 0 Å². The van der Waals surface area contributed by atoms with E-state index in [2.05, 4.69) is 25.3 Å². The number of ether oxygens (including phenoxy) is 3. The molecular weight excluding hydrogens is 616 g/mol. The first-order chi connectivity index (χ1) is 21.5. The number of H-pyrrole nitrogens is 1. The van der Waals surface area contributed by atoms with E-state index in [9.17, 15) is 17.6 Å². The minimum absolute atomic E-state index is 0.0894. The van der Waals surface area contributed by atoms with E-state index < -0.39 is 23.6 Å². The highest BCUT2D eigenvalue weighted by Gasteiger charge is 2.43. The number of aromatic nitrogens is 4. The number of likely N-dealkylation sites (tertiary alicyclic amines) is 1. The lowest BCUT2D eigenvalue weighted by molar-refractivity contribution is -0.144. The summed E-state index contributed by atoms with van der Waals surface area (Å²) >= 11 is 5.95. The van der Waals surface area contributed by atoms with Crippen LogP contribution < -0.4 is 14.8 Å². The molecule has 0 aliphatic carbocycles. The summed E-state index contributed by atoms with van der Waals surface area (Å²) in [7, 11) is 1.59. The fourth-order valence-electron chi connectivity index (χ4n) is 5.75. The average Bonchev–Trinajstić information content (AvgIpc) is 3.64. The molecule has 45 heavy (non-hydrogen) atoms. The standard InChI is InChI=1S/C31H31ClF4N6O3/c1-30(22-7-6-20(32)15-23(22)33)44-26-5-3-4-21(27(26)45-30)18-8-11-42(12-9-18)17-25-24(37-10-13-43-2)14-19(16-38-25)28-39-29(41-40-28)31(34,35)36/h3-7,14-16,18,37H,8-13,17H2,1-2H3,(H,39,40,41)/t30-/m1/s1. The lowest BCUT2D eigenvalue weighted by atomic mass is 9.88. The second kappa shape index (κ2) is 12.5. The van der Waals surface area contributed by atoms with Gasteiger partial charge in [-0.25, -0.2) is 9.37 Å². The van der Waals surface area contributed by atoms with Crippen LogP contribution in [-0.2, 0) is 23.2 Å². The predicted octanol–water partition coefficient (Wildman–Crippen LogP) is 6.76. The van der Waals surface area contributed by atoms with Gasteiger partial charge in [0.25, 0.3) is 5.79 Å². The second-order valence-electron chi connectivity index (χ2n) is 11.1. The summed E-state index contributed by atoms with van der Waals surface area (Å²) in [6.45, 7) is 4.69. The quantitative estimate of drug-likeness (QED) is 0.152. The van der Waals surface area contributed by atoms with Crippen LogP contribution in [0.1, 0.15) is 48.3 Å². The van der Waals surface area contributed by atoms with Crippen LogP contribution in [0.25, 0.3) is 11.4 Å². The van der Waals surface area contributed by atoms with Gasteiger partial charge in [0, 0.05) is 49.5 Å². The summed E-state index contributed by atoms with van der Waals surface area (Å²) in [6, 6.07) is 11.9. The van der Waals surface area contributed by atoms with Crippen LogP contribution in [0.5, 0.6) is 11.5 Å². The van der Waals surface area contributed by atoms with E-state index >= 15 is 0 Å². The van der Waals surface area contributed by atoms with Gasteiger partial charge in [-0.2, -0.15) is 18.3 Å². The van der Waals surface area contributed by atoms with E-state index in [0.717, 1.165) is 37.2 Å². The van der Waals surface area contributed by atoms with Crippen LogP contribution >= 0.6 is 11.6 Å². The molecule has 0 amide bonds. The van der Waals surface area contributed by atoms with Gasteiger partial charge in [-0.1, -0.05) is 23.7 Å². The van der Waals surface area contributed by atoms with Crippen molar-refractivity contribution < 1.29 is 31.8 Å². The topological polar surface area (TPSA) is 97.4 Å². The first-order valence-corrected chi connectivity index (χ1v) is 14.8. The normalized spacial score (nSPS) is 18.8. The molecule has 1 fully saturated rings. The van der Waals surface area contributed by atoms with Crippen LogP contribution in [0.15, 0.2) is 48.7 Å². The second-order valence-corrected chi connectivity index (χ2v) is 11.6. The van der Waals surface area contributed by atoms with Gasteiger partial charge < -0.3 is 19.5 Å². The van der Waals surface area contributed by atoms with E-state index in [-0.39, 0.29) is 17.3 Å². The van der Waals surface area contributed by atoms with Crippen LogP contribution in [-0.4, -0.2) is 58.4 Å². The number of piperidine rings is 1. The number of anilines is 1. The van der Waals surface area contributed by atoms with E-state index in [1.54, 1.807) is 32.2 Å². The monoisotopic (exact) mass is 646 g/mol. The van der Waals surface area contributed by atoms with Crippen LogP contribution in [0.2, 0.25) is 5.02 Å². The third-order valence-electron chi connectivity index (χ3n) is 8.04. The van der Waals surface area contributed by atoms with Crippen LogP contribution in [0.4, 0.5) is 23.2 Å². The smallest absolute Gasteiger partial charge is 0.444 e. The summed E-state index contributed by atoms with van der Waals surface area (Å²) in [5.74, 6) is -1.70. The Labute approximate surface area is 261 Å². The lowest BCUT2D eigenvalue weighted by Gasteiger charge is -2.33. The zero-order valence-corrected chi connectivity index (χ0v) is 25.3. The number of pyridine rings is 1. The van der Waals surface area contributed by atoms with E-state index in [4.69, 9.17) is 25.8 Å². The molecule has 4 heterocycles. The van der Waals surface area contributed by atoms with Gasteiger partial charge >= 0.3 is 6.18 Å². The largest absolute Gasteiger partial charge is 0.451 e. The summed E-state index contributed by atoms with van der Waals surface area (Å²) in [4.78, 5) is 10.5. The molecule has 4 aromatic rings. The minimum Gasteiger partial charge on any atom is -0.444 e. The number of aromatic amines is 1. The maximum Gasteiger partial charge on any atom is 0.451 e. The van der Waals surface area contributed by atoms with Crippen LogP contribution in [0, 0.1) is 5.82 Å². The number of hydrogen-bond acceptors (Lipinski definition) is 8. The predicted molar refractivity (Wildman–Crippen MR) is 159 cm³/mol. The summed E-state index contributed by atoms with van der Waals surface area (Å²) in [5, 5.41) is 9.24. The molecule has 0 saturated carbocycles. The number of fused-ring (bicyclic) bond motifs is 1. The van der Waals surface area contributed by atoms with Crippen molar-refractivity contribution in [3.05, 3.63) is 82.1 Å². The molecule has 2 aromatic heterocycles. The highest BCUT2D eigenvalue weighted by Crippen LogP contribution is 2.50. The van der Waals surface area contributed by atoms with Crippen molar-refractivity contribution in [2.45, 2.75) is 44.2 Å². The van der Waals surface area contributed by atoms with Crippen molar-refractivity contribution in [3.8, 4) is 22.9 Å². The first-order valence-electron chi connectivity index (χ1n) is 14.4. The van der Waals surface area contributed by atoms with Crippen LogP contribution in [0.3, 0.4) is 0 Å². The van der Waals surface area contributed by atoms with Gasteiger partial charge in [-0.3, -0.25) is 15.0 Å². The number of rotatable bonds is 9. The summed E-state index contributed by atoms with van der Waals surface area (Å²) in [6.07, 6.45) is -1.46. The Bertz CT molecular complexity index is 1680. The molecule has 14 heteroatoms. The van der Waals surface area contributed by atoms with E-state index in [1.807, 2.05) is 23.3 Å². The molecule has 0 bridgehead atoms. The number of nitrogens with one attached hydrogen (secondary N) is 2. The number of nitrogens with zero attached hydrogens (tertiary/aromatic N) is 4. The number of para-hydroxylation sites is 1. The Morgan fingerprint density at radius 3 is 2.67 bits per heavy atom. The Morgan fingerprint density at radius 2 is 1.96 bits per heavy atom. The molecule has 2 aliphatic rings. The number of hydrogen-bond donors (Lipinski definition) is 2. The van der Waals surface area contributed by atoms with Gasteiger partial charge in [0.1, 0.15) is 5.82 Å². The lowest BCUT2D eigenvalue weighted by Crippen LogP contribution is -2.34. The fourth-order valence-corrected chi connectivity index (χ4v) is 5.91. The Kier molecular flexibility index (Phi) is 8.59. The number of halogens is 5. The zero-order valence-electron chi connectivity index (χ0n) is 24.5. The maximum absolute atomic E-state index is 14.8. The summed E-state index contributed by atoms with van der Waals surface area (Å²) < 4.78 is 71.5. The molecule has 0 spiro atoms. The molecule has 0 radical (unpaired) electrons. The maximum atomic E-state index is 14.8. The fraction of sp³-hybridized carbons (Fsp3) is 0.387. The van der Waals surface area contributed by atoms with E-state index in [0.29, 0.717) is 47.5 Å². The Morgan fingerprint density at radius 1 is 1.16 bits per heavy atom. The molecule has 238 valence electrons. The molecule has 1 saturated heterocycles. The van der Waals surface area contributed by atoms with Gasteiger partial charge in [-0.15, -0.1) is 0 Å². The molecule has 2 aliphatic heterocycles. The molecule has 6 rings (SSSR count). The zero-order chi connectivity index (χ0) is 31.8. The van der Waals surface area contributed by atoms with Crippen molar-refractivity contribution >= 4 is 17.3 Å². The number of methoxy groups -OCH3 is 1. The highest BCUT2D eigenvalue weighted by molar-refractivity contribution is 6.30. The number of benzene rings is 2. The molecule has 1 atom stereocenters. The summed E-state index contributed by atoms with van der Waals surface area (Å²) in [5.41, 5.74) is 3.05. The molecule has 2 N–H and O–H groups in total. The Hall–Kier alpha value is -3.94. The molecule has 2 aromatic carbocycles. The number of alkyl halides is 3. The van der Waals surface area contributed by atoms with Crippen molar-refractivity contribution in [2.24, 2.45) is 0 Å². The Balaban J connectivity index is 1.15. The minimum atomic E-state index is -4.63. The third kappa shape index (κ3) is 6.56. The van der Waals surface area contributed by atoms with Gasteiger partial charge in [0.2, 0.25) is 5.82 Å². The molecule has 0 unspecified atom stereocenters. The van der Waals surface area contributed by atoms with E-state index in [1.165, 1.54) is 12.3 Å². The van der Waals surface area contributed by atoms with Crippen molar-refractivity contribution in [1.29, 1.82) is 0 Å². The molecule has 9 nitrogen and oxygen atoms in total. The van der Waals surface area contributed by atoms with Crippen molar-refractivity contribution in [1.82, 2.24) is 25.1 Å².